The number of phenols is 1. The maximum atomic E-state index is 9.16. The molecule has 0 amide bonds. The van der Waals surface area contributed by atoms with Crippen LogP contribution in [0.3, 0.4) is 0 Å². The fourth-order valence-electron chi connectivity index (χ4n) is 1.63. The van der Waals surface area contributed by atoms with Crippen LogP contribution < -0.4 is 5.32 Å². The van der Waals surface area contributed by atoms with Crippen molar-refractivity contribution in [1.82, 2.24) is 10.2 Å². The summed E-state index contributed by atoms with van der Waals surface area (Å²) in [7, 11) is 2.16. The maximum absolute atomic E-state index is 9.16. The highest BCUT2D eigenvalue weighted by atomic mass is 16.3. The summed E-state index contributed by atoms with van der Waals surface area (Å²) in [4.78, 5) is 2.36. The van der Waals surface area contributed by atoms with Crippen molar-refractivity contribution in [3.05, 3.63) is 29.8 Å². The normalized spacial score (nSPS) is 12.9. The lowest BCUT2D eigenvalue weighted by molar-refractivity contribution is 0.251. The smallest absolute Gasteiger partial charge is 0.115 e. The van der Waals surface area contributed by atoms with E-state index in [1.54, 1.807) is 12.1 Å². The second-order valence-electron chi connectivity index (χ2n) is 4.58. The van der Waals surface area contributed by atoms with Gasteiger partial charge in [0.15, 0.2) is 0 Å². The molecule has 0 radical (unpaired) electrons. The van der Waals surface area contributed by atoms with E-state index in [4.69, 9.17) is 5.11 Å². The Morgan fingerprint density at radius 3 is 2.53 bits per heavy atom. The molecule has 1 aromatic carbocycles. The number of hydrogen-bond donors (Lipinski definition) is 2. The standard InChI is InChI=1S/C14H24N2O/c1-4-12(2)16(3)10-9-15-11-13-5-7-14(17)8-6-13/h5-8,12,15,17H,4,9-11H2,1-3H3. The molecule has 0 aliphatic heterocycles. The molecule has 0 spiro atoms. The molecule has 0 aromatic heterocycles. The zero-order valence-corrected chi connectivity index (χ0v) is 11.1. The van der Waals surface area contributed by atoms with Crippen LogP contribution in [0, 0.1) is 0 Å². The highest BCUT2D eigenvalue weighted by Crippen LogP contribution is 2.09. The van der Waals surface area contributed by atoms with Gasteiger partial charge in [-0.1, -0.05) is 19.1 Å². The van der Waals surface area contributed by atoms with E-state index < -0.39 is 0 Å². The van der Waals surface area contributed by atoms with Crippen LogP contribution in [-0.4, -0.2) is 36.2 Å². The molecule has 0 heterocycles. The Bertz CT molecular complexity index is 311. The van der Waals surface area contributed by atoms with Crippen molar-refractivity contribution in [2.75, 3.05) is 20.1 Å². The predicted octanol–water partition coefficient (Wildman–Crippen LogP) is 2.21. The van der Waals surface area contributed by atoms with Gasteiger partial charge < -0.3 is 15.3 Å². The average molecular weight is 236 g/mol. The highest BCUT2D eigenvalue weighted by Gasteiger charge is 2.05. The van der Waals surface area contributed by atoms with E-state index in [-0.39, 0.29) is 0 Å². The molecule has 3 nitrogen and oxygen atoms in total. The van der Waals surface area contributed by atoms with Crippen LogP contribution in [0.4, 0.5) is 0 Å². The van der Waals surface area contributed by atoms with Crippen LogP contribution in [0.15, 0.2) is 24.3 Å². The van der Waals surface area contributed by atoms with Crippen LogP contribution in [-0.2, 0) is 6.54 Å². The minimum absolute atomic E-state index is 0.324. The second-order valence-corrected chi connectivity index (χ2v) is 4.58. The van der Waals surface area contributed by atoms with E-state index in [2.05, 4.69) is 31.1 Å². The topological polar surface area (TPSA) is 35.5 Å². The SMILES string of the molecule is CCC(C)N(C)CCNCc1ccc(O)cc1. The van der Waals surface area contributed by atoms with E-state index in [1.165, 1.54) is 12.0 Å². The Balaban J connectivity index is 2.18. The number of phenolic OH excluding ortho intramolecular Hbond substituents is 1. The Labute approximate surface area is 104 Å². The van der Waals surface area contributed by atoms with Gasteiger partial charge in [0.25, 0.3) is 0 Å². The fourth-order valence-corrected chi connectivity index (χ4v) is 1.63. The molecule has 17 heavy (non-hydrogen) atoms. The highest BCUT2D eigenvalue weighted by molar-refractivity contribution is 5.25. The van der Waals surface area contributed by atoms with E-state index in [9.17, 15) is 0 Å². The maximum Gasteiger partial charge on any atom is 0.115 e. The Morgan fingerprint density at radius 2 is 1.94 bits per heavy atom. The number of nitrogens with zero attached hydrogens (tertiary/aromatic N) is 1. The third-order valence-corrected chi connectivity index (χ3v) is 3.25. The molecule has 3 heteroatoms. The molecule has 0 saturated carbocycles. The molecular formula is C14H24N2O. The number of benzene rings is 1. The quantitative estimate of drug-likeness (QED) is 0.713. The predicted molar refractivity (Wildman–Crippen MR) is 72.2 cm³/mol. The minimum atomic E-state index is 0.324. The van der Waals surface area contributed by atoms with Crippen LogP contribution in [0.5, 0.6) is 5.75 Å². The Hall–Kier alpha value is -1.06. The molecule has 1 rings (SSSR count). The van der Waals surface area contributed by atoms with E-state index in [1.807, 2.05) is 12.1 Å². The minimum Gasteiger partial charge on any atom is -0.508 e. The molecule has 1 atom stereocenters. The lowest BCUT2D eigenvalue weighted by Gasteiger charge is -2.23. The van der Waals surface area contributed by atoms with Crippen molar-refractivity contribution < 1.29 is 5.11 Å². The van der Waals surface area contributed by atoms with Crippen LogP contribution in [0.1, 0.15) is 25.8 Å². The molecule has 0 aliphatic rings. The number of likely N-dealkylation sites (N-methyl/N-ethyl adjacent to an activating group) is 1. The van der Waals surface area contributed by atoms with Crippen LogP contribution in [0.25, 0.3) is 0 Å². The monoisotopic (exact) mass is 236 g/mol. The molecule has 0 aliphatic carbocycles. The molecule has 1 unspecified atom stereocenters. The largest absolute Gasteiger partial charge is 0.508 e. The van der Waals surface area contributed by atoms with Crippen molar-refractivity contribution in [1.29, 1.82) is 0 Å². The van der Waals surface area contributed by atoms with Crippen molar-refractivity contribution in [2.24, 2.45) is 0 Å². The Kier molecular flexibility index (Phi) is 6.01. The van der Waals surface area contributed by atoms with E-state index in [0.29, 0.717) is 11.8 Å². The second kappa shape index (κ2) is 7.30. The summed E-state index contributed by atoms with van der Waals surface area (Å²) >= 11 is 0. The molecule has 2 N–H and O–H groups in total. The summed E-state index contributed by atoms with van der Waals surface area (Å²) in [5, 5.41) is 12.6. The molecule has 1 aromatic rings. The first-order valence-corrected chi connectivity index (χ1v) is 6.32. The zero-order valence-electron chi connectivity index (χ0n) is 11.1. The molecule has 96 valence electrons. The summed E-state index contributed by atoms with van der Waals surface area (Å²) in [5.41, 5.74) is 1.20. The number of nitrogens with one attached hydrogen (secondary N) is 1. The Morgan fingerprint density at radius 1 is 1.29 bits per heavy atom. The lowest BCUT2D eigenvalue weighted by atomic mass is 10.2. The molecule has 0 bridgehead atoms. The van der Waals surface area contributed by atoms with Gasteiger partial charge in [-0.05, 0) is 38.1 Å². The number of aromatic hydroxyl groups is 1. The van der Waals surface area contributed by atoms with E-state index >= 15 is 0 Å². The van der Waals surface area contributed by atoms with Gasteiger partial charge in [-0.15, -0.1) is 0 Å². The summed E-state index contributed by atoms with van der Waals surface area (Å²) in [6.45, 7) is 7.37. The number of hydrogen-bond acceptors (Lipinski definition) is 3. The summed E-state index contributed by atoms with van der Waals surface area (Å²) in [6.07, 6.45) is 1.19. The fraction of sp³-hybridized carbons (Fsp3) is 0.571. The van der Waals surface area contributed by atoms with Crippen molar-refractivity contribution in [2.45, 2.75) is 32.9 Å². The average Bonchev–Trinajstić information content (AvgIpc) is 2.35. The third-order valence-electron chi connectivity index (χ3n) is 3.25. The van der Waals surface area contributed by atoms with Gasteiger partial charge in [0.1, 0.15) is 5.75 Å². The summed E-state index contributed by atoms with van der Waals surface area (Å²) in [5.74, 6) is 0.324. The first kappa shape index (κ1) is 14.0. The van der Waals surface area contributed by atoms with Crippen molar-refractivity contribution in [3.63, 3.8) is 0 Å². The van der Waals surface area contributed by atoms with Gasteiger partial charge >= 0.3 is 0 Å². The zero-order chi connectivity index (χ0) is 12.7. The van der Waals surface area contributed by atoms with Crippen molar-refractivity contribution in [3.8, 4) is 5.75 Å². The van der Waals surface area contributed by atoms with Gasteiger partial charge in [-0.2, -0.15) is 0 Å². The lowest BCUT2D eigenvalue weighted by Crippen LogP contribution is -2.34. The molecule has 0 fully saturated rings. The van der Waals surface area contributed by atoms with Gasteiger partial charge in [0.2, 0.25) is 0 Å². The number of rotatable bonds is 7. The molecular weight excluding hydrogens is 212 g/mol. The van der Waals surface area contributed by atoms with E-state index in [0.717, 1.165) is 19.6 Å². The molecule has 0 saturated heterocycles. The van der Waals surface area contributed by atoms with Crippen LogP contribution in [0.2, 0.25) is 0 Å². The summed E-state index contributed by atoms with van der Waals surface area (Å²) < 4.78 is 0. The first-order chi connectivity index (χ1) is 8.13. The summed E-state index contributed by atoms with van der Waals surface area (Å²) in [6, 6.07) is 7.98. The first-order valence-electron chi connectivity index (χ1n) is 6.32. The van der Waals surface area contributed by atoms with Crippen LogP contribution >= 0.6 is 0 Å². The van der Waals surface area contributed by atoms with Crippen molar-refractivity contribution >= 4 is 0 Å². The van der Waals surface area contributed by atoms with Gasteiger partial charge in [0.05, 0.1) is 0 Å². The van der Waals surface area contributed by atoms with Gasteiger partial charge in [-0.25, -0.2) is 0 Å². The van der Waals surface area contributed by atoms with Gasteiger partial charge in [0, 0.05) is 25.7 Å². The third kappa shape index (κ3) is 5.20. The van der Waals surface area contributed by atoms with Gasteiger partial charge in [-0.3, -0.25) is 0 Å².